The predicted octanol–water partition coefficient (Wildman–Crippen LogP) is 5.78. The average molecular weight is 565 g/mol. The number of carbonyl (C=O) groups excluding carboxylic acids is 2. The number of amides is 1. The fourth-order valence-corrected chi connectivity index (χ4v) is 5.63. The Balaban J connectivity index is 1.35. The van der Waals surface area contributed by atoms with E-state index in [1.807, 2.05) is 55.9 Å². The van der Waals surface area contributed by atoms with Crippen LogP contribution < -0.4 is 5.32 Å². The van der Waals surface area contributed by atoms with Gasteiger partial charge in [0.2, 0.25) is 5.89 Å². The number of anilines is 1. The lowest BCUT2D eigenvalue weighted by Gasteiger charge is -2.21. The van der Waals surface area contributed by atoms with Gasteiger partial charge in [-0.3, -0.25) is 9.59 Å². The van der Waals surface area contributed by atoms with Gasteiger partial charge in [0.25, 0.3) is 5.91 Å². The zero-order chi connectivity index (χ0) is 28.8. The minimum Gasteiger partial charge on any atom is -0.435 e. The molecule has 0 unspecified atom stereocenters. The summed E-state index contributed by atoms with van der Waals surface area (Å²) in [7, 11) is 3.90. The molecule has 3 aromatic carbocycles. The lowest BCUT2D eigenvalue weighted by molar-refractivity contribution is 0.101. The van der Waals surface area contributed by atoms with Gasteiger partial charge in [-0.2, -0.15) is 5.26 Å². The third-order valence-corrected chi connectivity index (χ3v) is 7.93. The number of benzene rings is 3. The molecule has 0 radical (unpaired) electrons. The highest BCUT2D eigenvalue weighted by atomic mass is 35.5. The van der Waals surface area contributed by atoms with E-state index in [1.54, 1.807) is 12.1 Å². The van der Waals surface area contributed by atoms with Gasteiger partial charge >= 0.3 is 0 Å². The fourth-order valence-electron chi connectivity index (χ4n) is 5.36. The van der Waals surface area contributed by atoms with Crippen LogP contribution in [0.25, 0.3) is 33.7 Å². The van der Waals surface area contributed by atoms with Crippen LogP contribution in [0.15, 0.2) is 52.9 Å². The number of oxazole rings is 1. The van der Waals surface area contributed by atoms with Gasteiger partial charge in [-0.15, -0.1) is 0 Å². The molecule has 2 aromatic heterocycles. The van der Waals surface area contributed by atoms with Crippen LogP contribution in [0.2, 0.25) is 5.02 Å². The maximum atomic E-state index is 13.3. The number of rotatable bonds is 5. The first kappa shape index (κ1) is 26.4. The standard InChI is InChI=1S/C31H25ClN6O3/c1-17-20(6-4-7-21(17)31-36-24-13-18(16-39)12-19(14-33)28(24)41-31)22-8-5-9-23(27(22)32)35-30(40)29-34-25-15-37(2)11-10-26(25)38(29)3/h4-9,12-13,16H,10-11,15H2,1-3H3,(H,35,40). The molecule has 0 spiro atoms. The van der Waals surface area contributed by atoms with E-state index in [1.165, 1.54) is 6.07 Å². The van der Waals surface area contributed by atoms with E-state index < -0.39 is 0 Å². The summed E-state index contributed by atoms with van der Waals surface area (Å²) in [4.78, 5) is 36.0. The Morgan fingerprint density at radius 1 is 1.12 bits per heavy atom. The number of imidazole rings is 1. The minimum absolute atomic E-state index is 0.240. The second-order valence-corrected chi connectivity index (χ2v) is 10.5. The summed E-state index contributed by atoms with van der Waals surface area (Å²) in [6.45, 7) is 3.56. The van der Waals surface area contributed by atoms with Gasteiger partial charge < -0.3 is 19.2 Å². The number of hydrogen-bond acceptors (Lipinski definition) is 7. The third kappa shape index (κ3) is 4.57. The molecule has 0 saturated heterocycles. The van der Waals surface area contributed by atoms with E-state index in [0.29, 0.717) is 57.5 Å². The van der Waals surface area contributed by atoms with E-state index in [4.69, 9.17) is 16.0 Å². The molecular weight excluding hydrogens is 540 g/mol. The number of carbonyl (C=O) groups is 2. The van der Waals surface area contributed by atoms with Gasteiger partial charge in [-0.05, 0) is 49.4 Å². The Hall–Kier alpha value is -4.78. The Bertz CT molecular complexity index is 1920. The molecular formula is C31H25ClN6O3. The lowest BCUT2D eigenvalue weighted by Crippen LogP contribution is -2.27. The van der Waals surface area contributed by atoms with Crippen molar-refractivity contribution in [2.24, 2.45) is 7.05 Å². The van der Waals surface area contributed by atoms with Crippen molar-refractivity contribution in [2.45, 2.75) is 19.9 Å². The maximum absolute atomic E-state index is 13.3. The number of nitriles is 1. The number of likely N-dealkylation sites (N-methyl/N-ethyl adjacent to an activating group) is 1. The quantitative estimate of drug-likeness (QED) is 0.269. The Morgan fingerprint density at radius 2 is 1.88 bits per heavy atom. The number of fused-ring (bicyclic) bond motifs is 2. The predicted molar refractivity (Wildman–Crippen MR) is 156 cm³/mol. The fraction of sp³-hybridized carbons (Fsp3) is 0.194. The molecule has 5 aromatic rings. The molecule has 0 bridgehead atoms. The number of nitrogens with one attached hydrogen (secondary N) is 1. The molecule has 1 amide bonds. The highest BCUT2D eigenvalue weighted by Gasteiger charge is 2.25. The smallest absolute Gasteiger partial charge is 0.291 e. The summed E-state index contributed by atoms with van der Waals surface area (Å²) in [6.07, 6.45) is 1.51. The highest BCUT2D eigenvalue weighted by molar-refractivity contribution is 6.36. The first-order valence-corrected chi connectivity index (χ1v) is 13.4. The summed E-state index contributed by atoms with van der Waals surface area (Å²) in [5.41, 5.74) is 6.91. The first-order chi connectivity index (χ1) is 19.8. The molecule has 0 atom stereocenters. The molecule has 6 rings (SSSR count). The van der Waals surface area contributed by atoms with E-state index >= 15 is 0 Å². The summed E-state index contributed by atoms with van der Waals surface area (Å²) in [6, 6.07) is 16.3. The largest absolute Gasteiger partial charge is 0.435 e. The van der Waals surface area contributed by atoms with E-state index in [2.05, 4.69) is 26.3 Å². The Labute approximate surface area is 241 Å². The van der Waals surface area contributed by atoms with Crippen LogP contribution in [0.3, 0.4) is 0 Å². The van der Waals surface area contributed by atoms with E-state index in [-0.39, 0.29) is 11.5 Å². The van der Waals surface area contributed by atoms with Crippen LogP contribution >= 0.6 is 11.6 Å². The van der Waals surface area contributed by atoms with Crippen LogP contribution in [-0.2, 0) is 20.0 Å². The zero-order valence-electron chi connectivity index (χ0n) is 22.7. The molecule has 9 nitrogen and oxygen atoms in total. The summed E-state index contributed by atoms with van der Waals surface area (Å²) >= 11 is 6.89. The van der Waals surface area contributed by atoms with Crippen molar-refractivity contribution in [2.75, 3.05) is 18.9 Å². The lowest BCUT2D eigenvalue weighted by atomic mass is 9.96. The molecule has 1 N–H and O–H groups in total. The second-order valence-electron chi connectivity index (χ2n) is 10.1. The Morgan fingerprint density at radius 3 is 2.66 bits per heavy atom. The number of hydrogen-bond donors (Lipinski definition) is 1. The molecule has 1 aliphatic heterocycles. The second kappa shape index (κ2) is 10.3. The highest BCUT2D eigenvalue weighted by Crippen LogP contribution is 2.39. The SMILES string of the molecule is Cc1c(-c2nc3cc(C=O)cc(C#N)c3o2)cccc1-c1cccc(NC(=O)c2nc3c(n2C)CCN(C)C3)c1Cl. The molecule has 41 heavy (non-hydrogen) atoms. The molecule has 1 aliphatic rings. The van der Waals surface area contributed by atoms with Crippen molar-refractivity contribution in [3.05, 3.63) is 87.5 Å². The number of aldehydes is 1. The van der Waals surface area contributed by atoms with Crippen LogP contribution in [0, 0.1) is 18.3 Å². The Kier molecular flexibility index (Phi) is 6.66. The third-order valence-electron chi connectivity index (χ3n) is 7.52. The van der Waals surface area contributed by atoms with Crippen LogP contribution in [0.4, 0.5) is 5.69 Å². The van der Waals surface area contributed by atoms with Crippen LogP contribution in [0.5, 0.6) is 0 Å². The van der Waals surface area contributed by atoms with Crippen molar-refractivity contribution < 1.29 is 14.0 Å². The van der Waals surface area contributed by atoms with Crippen molar-refractivity contribution in [3.8, 4) is 28.7 Å². The van der Waals surface area contributed by atoms with Crippen LogP contribution in [0.1, 0.15) is 43.5 Å². The minimum atomic E-state index is -0.330. The van der Waals surface area contributed by atoms with Crippen LogP contribution in [-0.4, -0.2) is 45.2 Å². The molecule has 3 heterocycles. The number of aromatic nitrogens is 3. The average Bonchev–Trinajstić information content (AvgIpc) is 3.54. The van der Waals surface area contributed by atoms with E-state index in [0.717, 1.165) is 41.0 Å². The first-order valence-electron chi connectivity index (χ1n) is 13.0. The van der Waals surface area contributed by atoms with Crippen molar-refractivity contribution in [1.29, 1.82) is 5.26 Å². The summed E-state index contributed by atoms with van der Waals surface area (Å²) in [5.74, 6) is 0.336. The topological polar surface area (TPSA) is 117 Å². The van der Waals surface area contributed by atoms with Gasteiger partial charge in [0, 0.05) is 48.9 Å². The molecule has 0 aliphatic carbocycles. The molecule has 204 valence electrons. The number of halogens is 1. The molecule has 0 fully saturated rings. The zero-order valence-corrected chi connectivity index (χ0v) is 23.4. The van der Waals surface area contributed by atoms with Crippen molar-refractivity contribution >= 4 is 40.6 Å². The monoisotopic (exact) mass is 564 g/mol. The van der Waals surface area contributed by atoms with Gasteiger partial charge in [0.1, 0.15) is 17.9 Å². The molecule has 0 saturated carbocycles. The van der Waals surface area contributed by atoms with Crippen molar-refractivity contribution in [1.82, 2.24) is 19.4 Å². The van der Waals surface area contributed by atoms with Gasteiger partial charge in [0.15, 0.2) is 11.4 Å². The van der Waals surface area contributed by atoms with Gasteiger partial charge in [0.05, 0.1) is 22.0 Å². The molecule has 10 heteroatoms. The normalized spacial score (nSPS) is 13.1. The van der Waals surface area contributed by atoms with Gasteiger partial charge in [-0.1, -0.05) is 35.9 Å². The number of nitrogens with zero attached hydrogens (tertiary/aromatic N) is 5. The van der Waals surface area contributed by atoms with Gasteiger partial charge in [-0.25, -0.2) is 9.97 Å². The van der Waals surface area contributed by atoms with Crippen molar-refractivity contribution in [3.63, 3.8) is 0 Å². The summed E-state index contributed by atoms with van der Waals surface area (Å²) < 4.78 is 7.86. The van der Waals surface area contributed by atoms with E-state index in [9.17, 15) is 14.9 Å². The maximum Gasteiger partial charge on any atom is 0.291 e. The summed E-state index contributed by atoms with van der Waals surface area (Å²) in [5, 5.41) is 12.9.